The molecular weight excluding hydrogens is 228 g/mol. The number of nitrogens with zero attached hydrogens (tertiary/aromatic N) is 2. The molecular formula is C9H18N4O2S. The number of aromatic nitrogens is 2. The van der Waals surface area contributed by atoms with E-state index in [0.717, 1.165) is 0 Å². The van der Waals surface area contributed by atoms with Crippen LogP contribution < -0.4 is 10.5 Å². The van der Waals surface area contributed by atoms with Crippen molar-refractivity contribution in [3.63, 3.8) is 0 Å². The molecule has 7 heteroatoms. The lowest BCUT2D eigenvalue weighted by molar-refractivity contribution is 0.491. The molecule has 3 N–H and O–H groups in total. The Labute approximate surface area is 95.9 Å². The van der Waals surface area contributed by atoms with Crippen molar-refractivity contribution in [3.8, 4) is 0 Å². The fraction of sp³-hybridized carbons (Fsp3) is 0.667. The van der Waals surface area contributed by atoms with Gasteiger partial charge in [-0.3, -0.25) is 4.68 Å². The number of aryl methyl sites for hydroxylation is 1. The maximum Gasteiger partial charge on any atom is 0.246 e. The molecule has 1 rings (SSSR count). The van der Waals surface area contributed by atoms with Crippen LogP contribution in [0.25, 0.3) is 0 Å². The fourth-order valence-corrected chi connectivity index (χ4v) is 2.74. The maximum absolute atomic E-state index is 12.0. The minimum absolute atomic E-state index is 0.0265. The second kappa shape index (κ2) is 4.06. The van der Waals surface area contributed by atoms with E-state index in [4.69, 9.17) is 5.73 Å². The average molecular weight is 246 g/mol. The van der Waals surface area contributed by atoms with E-state index in [2.05, 4.69) is 9.82 Å². The molecule has 0 atom stereocenters. The summed E-state index contributed by atoms with van der Waals surface area (Å²) in [5.74, 6) is 0.0265. The number of nitrogens with one attached hydrogen (secondary N) is 1. The lowest BCUT2D eigenvalue weighted by Crippen LogP contribution is -2.40. The summed E-state index contributed by atoms with van der Waals surface area (Å²) in [7, 11) is -3.60. The zero-order chi connectivity index (χ0) is 12.6. The van der Waals surface area contributed by atoms with Gasteiger partial charge in [0.2, 0.25) is 10.0 Å². The number of rotatable bonds is 3. The molecule has 0 bridgehead atoms. The summed E-state index contributed by atoms with van der Waals surface area (Å²) >= 11 is 0. The maximum atomic E-state index is 12.0. The van der Waals surface area contributed by atoms with Crippen LogP contribution in [0.15, 0.2) is 11.1 Å². The van der Waals surface area contributed by atoms with Crippen molar-refractivity contribution in [2.75, 3.05) is 5.73 Å². The molecule has 0 saturated carbocycles. The van der Waals surface area contributed by atoms with E-state index in [1.165, 1.54) is 10.9 Å². The van der Waals surface area contributed by atoms with Crippen molar-refractivity contribution in [3.05, 3.63) is 6.20 Å². The molecule has 92 valence electrons. The predicted octanol–water partition coefficient (Wildman–Crippen LogP) is 0.562. The number of hydrogen-bond donors (Lipinski definition) is 2. The molecule has 0 radical (unpaired) electrons. The molecule has 0 unspecified atom stereocenters. The van der Waals surface area contributed by atoms with Gasteiger partial charge in [0.25, 0.3) is 0 Å². The third kappa shape index (κ3) is 2.96. The zero-order valence-electron chi connectivity index (χ0n) is 9.98. The van der Waals surface area contributed by atoms with Crippen LogP contribution in [0.5, 0.6) is 0 Å². The van der Waals surface area contributed by atoms with E-state index in [1.807, 2.05) is 6.92 Å². The smallest absolute Gasteiger partial charge is 0.246 e. The highest BCUT2D eigenvalue weighted by Gasteiger charge is 2.25. The molecule has 1 heterocycles. The summed E-state index contributed by atoms with van der Waals surface area (Å²) in [6.07, 6.45) is 1.43. The lowest BCUT2D eigenvalue weighted by Gasteiger charge is -2.19. The van der Waals surface area contributed by atoms with Crippen molar-refractivity contribution >= 4 is 15.8 Å². The molecule has 16 heavy (non-hydrogen) atoms. The van der Waals surface area contributed by atoms with Crippen molar-refractivity contribution in [2.24, 2.45) is 0 Å². The van der Waals surface area contributed by atoms with Gasteiger partial charge in [-0.05, 0) is 27.7 Å². The first-order valence-corrected chi connectivity index (χ1v) is 6.51. The van der Waals surface area contributed by atoms with Crippen LogP contribution in [-0.2, 0) is 16.6 Å². The molecule has 0 fully saturated rings. The zero-order valence-corrected chi connectivity index (χ0v) is 10.8. The Kier molecular flexibility index (Phi) is 3.30. The third-order valence-corrected chi connectivity index (χ3v) is 3.58. The van der Waals surface area contributed by atoms with Gasteiger partial charge in [-0.1, -0.05) is 0 Å². The standard InChI is InChI=1S/C9H18N4O2S/c1-5-13-6-7(8(10)11-13)16(14,15)12-9(2,3)4/h6,12H,5H2,1-4H3,(H2,10,11). The van der Waals surface area contributed by atoms with E-state index in [-0.39, 0.29) is 10.7 Å². The molecule has 0 aromatic carbocycles. The summed E-state index contributed by atoms with van der Waals surface area (Å²) in [5.41, 5.74) is 5.03. The Hall–Kier alpha value is -1.08. The Morgan fingerprint density at radius 2 is 2.06 bits per heavy atom. The van der Waals surface area contributed by atoms with Crippen molar-refractivity contribution < 1.29 is 8.42 Å². The van der Waals surface area contributed by atoms with Crippen molar-refractivity contribution in [2.45, 2.75) is 44.7 Å². The van der Waals surface area contributed by atoms with Gasteiger partial charge in [-0.15, -0.1) is 0 Å². The molecule has 0 aliphatic rings. The van der Waals surface area contributed by atoms with Gasteiger partial charge in [-0.25, -0.2) is 13.1 Å². The van der Waals surface area contributed by atoms with Gasteiger partial charge < -0.3 is 5.73 Å². The van der Waals surface area contributed by atoms with Gasteiger partial charge in [-0.2, -0.15) is 5.10 Å². The topological polar surface area (TPSA) is 90.0 Å². The highest BCUT2D eigenvalue weighted by molar-refractivity contribution is 7.89. The van der Waals surface area contributed by atoms with Gasteiger partial charge in [0, 0.05) is 18.3 Å². The van der Waals surface area contributed by atoms with E-state index in [1.54, 1.807) is 20.8 Å². The summed E-state index contributed by atoms with van der Waals surface area (Å²) in [6.45, 7) is 7.75. The number of hydrogen-bond acceptors (Lipinski definition) is 4. The largest absolute Gasteiger partial charge is 0.381 e. The van der Waals surface area contributed by atoms with Crippen molar-refractivity contribution in [1.82, 2.24) is 14.5 Å². The molecule has 1 aromatic rings. The van der Waals surface area contributed by atoms with Gasteiger partial charge >= 0.3 is 0 Å². The number of nitrogen functional groups attached to an aromatic ring is 1. The lowest BCUT2D eigenvalue weighted by atomic mass is 10.1. The Bertz CT molecular complexity index is 470. The Morgan fingerprint density at radius 3 is 2.44 bits per heavy atom. The summed E-state index contributed by atoms with van der Waals surface area (Å²) in [6, 6.07) is 0. The Balaban J connectivity index is 3.12. The van der Waals surface area contributed by atoms with Gasteiger partial charge in [0.15, 0.2) is 5.82 Å². The van der Waals surface area contributed by atoms with E-state index in [9.17, 15) is 8.42 Å². The van der Waals surface area contributed by atoms with E-state index in [0.29, 0.717) is 6.54 Å². The third-order valence-electron chi connectivity index (χ3n) is 1.81. The monoisotopic (exact) mass is 246 g/mol. The molecule has 0 aliphatic carbocycles. The van der Waals surface area contributed by atoms with Crippen molar-refractivity contribution in [1.29, 1.82) is 0 Å². The molecule has 1 aromatic heterocycles. The number of nitrogens with two attached hydrogens (primary N) is 1. The number of anilines is 1. The summed E-state index contributed by atoms with van der Waals surface area (Å²) < 4.78 is 27.9. The average Bonchev–Trinajstić information content (AvgIpc) is 2.43. The summed E-state index contributed by atoms with van der Waals surface area (Å²) in [4.78, 5) is 0.0317. The second-order valence-corrected chi connectivity index (χ2v) is 6.24. The summed E-state index contributed by atoms with van der Waals surface area (Å²) in [5, 5.41) is 3.90. The van der Waals surface area contributed by atoms with Crippen LogP contribution in [0, 0.1) is 0 Å². The second-order valence-electron chi connectivity index (χ2n) is 4.59. The van der Waals surface area contributed by atoms with E-state index >= 15 is 0 Å². The van der Waals surface area contributed by atoms with E-state index < -0.39 is 15.6 Å². The normalized spacial score (nSPS) is 13.0. The molecule has 0 aliphatic heterocycles. The Morgan fingerprint density at radius 1 is 1.50 bits per heavy atom. The minimum Gasteiger partial charge on any atom is -0.381 e. The van der Waals surface area contributed by atoms with Crippen LogP contribution in [0.2, 0.25) is 0 Å². The first kappa shape index (κ1) is 13.0. The van der Waals surface area contributed by atoms with Crippen LogP contribution in [-0.4, -0.2) is 23.7 Å². The first-order chi connectivity index (χ1) is 7.15. The van der Waals surface area contributed by atoms with Crippen LogP contribution >= 0.6 is 0 Å². The number of sulfonamides is 1. The molecule has 0 amide bonds. The fourth-order valence-electron chi connectivity index (χ4n) is 1.25. The predicted molar refractivity (Wildman–Crippen MR) is 62.4 cm³/mol. The molecule has 0 spiro atoms. The van der Waals surface area contributed by atoms with Gasteiger partial charge in [0.1, 0.15) is 4.90 Å². The van der Waals surface area contributed by atoms with Crippen LogP contribution in [0.3, 0.4) is 0 Å². The van der Waals surface area contributed by atoms with Gasteiger partial charge in [0.05, 0.1) is 0 Å². The SMILES string of the molecule is CCn1cc(S(=O)(=O)NC(C)(C)C)c(N)n1. The quantitative estimate of drug-likeness (QED) is 0.815. The highest BCUT2D eigenvalue weighted by atomic mass is 32.2. The minimum atomic E-state index is -3.60. The molecule has 0 saturated heterocycles. The van der Waals surface area contributed by atoms with Crippen LogP contribution in [0.1, 0.15) is 27.7 Å². The highest BCUT2D eigenvalue weighted by Crippen LogP contribution is 2.18. The first-order valence-electron chi connectivity index (χ1n) is 5.02. The molecule has 6 nitrogen and oxygen atoms in total. The van der Waals surface area contributed by atoms with Crippen LogP contribution in [0.4, 0.5) is 5.82 Å².